The van der Waals surface area contributed by atoms with Crippen LogP contribution in [0.2, 0.25) is 0 Å². The minimum atomic E-state index is 0.287. The summed E-state index contributed by atoms with van der Waals surface area (Å²) in [5.41, 5.74) is 1.96. The van der Waals surface area contributed by atoms with Crippen molar-refractivity contribution in [1.29, 1.82) is 0 Å². The summed E-state index contributed by atoms with van der Waals surface area (Å²) >= 11 is 0. The Morgan fingerprint density at radius 2 is 1.44 bits per heavy atom. The molecule has 0 saturated heterocycles. The molecule has 2 aromatic carbocycles. The summed E-state index contributed by atoms with van der Waals surface area (Å²) in [6.45, 7) is 0.287. The van der Waals surface area contributed by atoms with E-state index >= 15 is 0 Å². The van der Waals surface area contributed by atoms with Crippen LogP contribution in [0.25, 0.3) is 0 Å². The zero-order valence-electron chi connectivity index (χ0n) is 9.89. The van der Waals surface area contributed by atoms with E-state index in [9.17, 15) is 0 Å². The summed E-state index contributed by atoms with van der Waals surface area (Å²) in [7, 11) is 0. The van der Waals surface area contributed by atoms with E-state index in [4.69, 9.17) is 11.2 Å². The number of ether oxygens (including phenoxy) is 1. The molecule has 0 aliphatic rings. The average Bonchev–Trinajstić information content (AvgIpc) is 2.45. The molecule has 0 saturated carbocycles. The lowest BCUT2D eigenvalue weighted by atomic mass is 10.2. The van der Waals surface area contributed by atoms with Crippen LogP contribution in [-0.4, -0.2) is 6.61 Å². The van der Waals surface area contributed by atoms with Gasteiger partial charge in [0.15, 0.2) is 0 Å². The lowest BCUT2D eigenvalue weighted by Gasteiger charge is -2.00. The van der Waals surface area contributed by atoms with Crippen LogP contribution in [-0.2, 0) is 0 Å². The molecular weight excluding hydrogens is 220 g/mol. The van der Waals surface area contributed by atoms with Crippen LogP contribution in [0.4, 0.5) is 0 Å². The van der Waals surface area contributed by atoms with Crippen molar-refractivity contribution in [3.63, 3.8) is 0 Å². The quantitative estimate of drug-likeness (QED) is 0.723. The van der Waals surface area contributed by atoms with E-state index in [1.807, 2.05) is 54.6 Å². The van der Waals surface area contributed by atoms with Crippen molar-refractivity contribution in [3.05, 3.63) is 65.7 Å². The van der Waals surface area contributed by atoms with Gasteiger partial charge in [-0.05, 0) is 36.4 Å². The molecule has 0 unspecified atom stereocenters. The Kier molecular flexibility index (Phi) is 4.07. The van der Waals surface area contributed by atoms with Crippen LogP contribution in [0.3, 0.4) is 0 Å². The highest BCUT2D eigenvalue weighted by Gasteiger charge is 1.91. The van der Waals surface area contributed by atoms with Crippen LogP contribution in [0.15, 0.2) is 54.6 Å². The number of rotatable bonds is 2. The van der Waals surface area contributed by atoms with Gasteiger partial charge in [-0.25, -0.2) is 0 Å². The van der Waals surface area contributed by atoms with Gasteiger partial charge in [-0.2, -0.15) is 0 Å². The molecule has 0 atom stereocenters. The summed E-state index contributed by atoms with van der Waals surface area (Å²) in [5.74, 6) is 9.39. The molecule has 1 heteroatoms. The number of hydrogen-bond acceptors (Lipinski definition) is 1. The lowest BCUT2D eigenvalue weighted by Crippen LogP contribution is -1.92. The lowest BCUT2D eigenvalue weighted by molar-refractivity contribution is 0.370. The topological polar surface area (TPSA) is 9.23 Å². The van der Waals surface area contributed by atoms with E-state index < -0.39 is 0 Å². The number of terminal acetylenes is 1. The van der Waals surface area contributed by atoms with Crippen LogP contribution in [0.5, 0.6) is 5.75 Å². The molecule has 86 valence electrons. The molecule has 0 heterocycles. The molecule has 0 aliphatic heterocycles. The predicted octanol–water partition coefficient (Wildman–Crippen LogP) is 3.10. The first kappa shape index (κ1) is 11.8. The van der Waals surface area contributed by atoms with Crippen molar-refractivity contribution in [2.45, 2.75) is 0 Å². The third-order valence-electron chi connectivity index (χ3n) is 2.30. The first-order valence-electron chi connectivity index (χ1n) is 5.62. The number of hydrogen-bond donors (Lipinski definition) is 0. The Labute approximate surface area is 107 Å². The van der Waals surface area contributed by atoms with Gasteiger partial charge >= 0.3 is 0 Å². The monoisotopic (exact) mass is 232 g/mol. The molecule has 0 amide bonds. The molecule has 2 rings (SSSR count). The van der Waals surface area contributed by atoms with E-state index in [0.29, 0.717) is 0 Å². The van der Waals surface area contributed by atoms with E-state index in [0.717, 1.165) is 16.9 Å². The van der Waals surface area contributed by atoms with Crippen LogP contribution < -0.4 is 4.74 Å². The largest absolute Gasteiger partial charge is 0.481 e. The molecule has 2 aromatic rings. The van der Waals surface area contributed by atoms with Crippen LogP contribution in [0.1, 0.15) is 11.1 Å². The third kappa shape index (κ3) is 3.44. The van der Waals surface area contributed by atoms with Crippen molar-refractivity contribution < 1.29 is 4.74 Å². The van der Waals surface area contributed by atoms with E-state index in [-0.39, 0.29) is 6.61 Å². The minimum absolute atomic E-state index is 0.287. The van der Waals surface area contributed by atoms with Gasteiger partial charge < -0.3 is 4.74 Å². The Morgan fingerprint density at radius 3 is 2.06 bits per heavy atom. The molecule has 0 radical (unpaired) electrons. The summed E-state index contributed by atoms with van der Waals surface area (Å²) in [5, 5.41) is 0. The number of benzene rings is 2. The first-order chi connectivity index (χ1) is 8.88. The van der Waals surface area contributed by atoms with Crippen LogP contribution >= 0.6 is 0 Å². The maximum Gasteiger partial charge on any atom is 0.148 e. The molecule has 0 spiro atoms. The molecule has 1 nitrogen and oxygen atoms in total. The first-order valence-corrected chi connectivity index (χ1v) is 5.62. The van der Waals surface area contributed by atoms with E-state index in [1.54, 1.807) is 0 Å². The van der Waals surface area contributed by atoms with Gasteiger partial charge in [0.05, 0.1) is 0 Å². The Hall–Kier alpha value is -2.64. The van der Waals surface area contributed by atoms with Gasteiger partial charge in [0.2, 0.25) is 0 Å². The normalized spacial score (nSPS) is 8.83. The van der Waals surface area contributed by atoms with Crippen molar-refractivity contribution in [3.8, 4) is 29.9 Å². The maximum atomic E-state index is 5.29. The van der Waals surface area contributed by atoms with Crippen LogP contribution in [0, 0.1) is 24.2 Å². The zero-order valence-corrected chi connectivity index (χ0v) is 9.89. The molecule has 18 heavy (non-hydrogen) atoms. The SMILES string of the molecule is C#CCOc1ccc(C#Cc2ccccc2)cc1. The zero-order chi connectivity index (χ0) is 12.6. The highest BCUT2D eigenvalue weighted by atomic mass is 16.5. The summed E-state index contributed by atoms with van der Waals surface area (Å²) in [6.07, 6.45) is 5.12. The van der Waals surface area contributed by atoms with Crippen molar-refractivity contribution in [1.82, 2.24) is 0 Å². The molecule has 0 fully saturated rings. The molecule has 0 bridgehead atoms. The summed E-state index contributed by atoms with van der Waals surface area (Å²) in [6, 6.07) is 17.5. The van der Waals surface area contributed by atoms with Crippen molar-refractivity contribution in [2.75, 3.05) is 6.61 Å². The smallest absolute Gasteiger partial charge is 0.148 e. The highest BCUT2D eigenvalue weighted by Crippen LogP contribution is 2.11. The standard InChI is InChI=1S/C17H12O/c1-2-14-18-17-12-10-16(11-13-17)9-8-15-6-4-3-5-7-15/h1,3-7,10-13H,14H2. The van der Waals surface area contributed by atoms with Gasteiger partial charge in [-0.15, -0.1) is 6.42 Å². The second-order valence-corrected chi connectivity index (χ2v) is 3.63. The average molecular weight is 232 g/mol. The fourth-order valence-corrected chi connectivity index (χ4v) is 1.43. The fourth-order valence-electron chi connectivity index (χ4n) is 1.43. The maximum absolute atomic E-state index is 5.29. The van der Waals surface area contributed by atoms with Crippen molar-refractivity contribution in [2.24, 2.45) is 0 Å². The van der Waals surface area contributed by atoms with Gasteiger partial charge in [0.25, 0.3) is 0 Å². The molecule has 0 aromatic heterocycles. The summed E-state index contributed by atoms with van der Waals surface area (Å²) < 4.78 is 5.29. The molecular formula is C17H12O. The van der Waals surface area contributed by atoms with Gasteiger partial charge in [-0.1, -0.05) is 36.0 Å². The Bertz CT molecular complexity index is 592. The van der Waals surface area contributed by atoms with Gasteiger partial charge in [0, 0.05) is 11.1 Å². The fraction of sp³-hybridized carbons (Fsp3) is 0.0588. The molecule has 0 aliphatic carbocycles. The van der Waals surface area contributed by atoms with Gasteiger partial charge in [0.1, 0.15) is 12.4 Å². The second kappa shape index (κ2) is 6.18. The Morgan fingerprint density at radius 1 is 0.833 bits per heavy atom. The Balaban J connectivity index is 2.07. The van der Waals surface area contributed by atoms with E-state index in [1.165, 1.54) is 0 Å². The summed E-state index contributed by atoms with van der Waals surface area (Å²) in [4.78, 5) is 0. The van der Waals surface area contributed by atoms with Crippen molar-refractivity contribution >= 4 is 0 Å². The predicted molar refractivity (Wildman–Crippen MR) is 73.2 cm³/mol. The molecule has 0 N–H and O–H groups in total. The highest BCUT2D eigenvalue weighted by molar-refractivity contribution is 5.44. The van der Waals surface area contributed by atoms with E-state index in [2.05, 4.69) is 17.8 Å². The second-order valence-electron chi connectivity index (χ2n) is 3.63. The third-order valence-corrected chi connectivity index (χ3v) is 2.30. The van der Waals surface area contributed by atoms with Gasteiger partial charge in [-0.3, -0.25) is 0 Å². The minimum Gasteiger partial charge on any atom is -0.481 e.